The minimum Gasteiger partial charge on any atom is -0.481 e. The van der Waals surface area contributed by atoms with Crippen molar-refractivity contribution in [2.45, 2.75) is 113 Å². The van der Waals surface area contributed by atoms with Crippen LogP contribution in [0.25, 0.3) is 0 Å². The van der Waals surface area contributed by atoms with Crippen LogP contribution in [0.4, 0.5) is 0 Å². The lowest BCUT2D eigenvalue weighted by molar-refractivity contribution is -0.141. The Morgan fingerprint density at radius 1 is 0.630 bits per heavy atom. The molecule has 1 saturated carbocycles. The summed E-state index contributed by atoms with van der Waals surface area (Å²) in [6, 6.07) is -1.92. The molecule has 81 heavy (non-hydrogen) atoms. The fourth-order valence-corrected chi connectivity index (χ4v) is 12.2. The van der Waals surface area contributed by atoms with E-state index in [2.05, 4.69) is 53.2 Å². The minimum atomic E-state index is -1.80. The van der Waals surface area contributed by atoms with Crippen LogP contribution in [0.1, 0.15) is 69.8 Å². The molecule has 3 fully saturated rings. The molecule has 31 heteroatoms. The monoisotopic (exact) mass is 1190 g/mol. The lowest BCUT2D eigenvalue weighted by Crippen LogP contribution is -2.59. The third-order valence-electron chi connectivity index (χ3n) is 13.4. The number of amides is 12. The predicted octanol–water partition coefficient (Wildman–Crippen LogP) is -3.88. The van der Waals surface area contributed by atoms with Gasteiger partial charge in [-0.3, -0.25) is 72.6 Å². The zero-order valence-electron chi connectivity index (χ0n) is 44.3. The summed E-state index contributed by atoms with van der Waals surface area (Å²) >= 11 is 0.883. The van der Waals surface area contributed by atoms with Crippen LogP contribution < -0.4 is 64.6 Å². The highest BCUT2D eigenvalue weighted by molar-refractivity contribution is 8.76. The first-order chi connectivity index (χ1) is 38.7. The molecule has 4 aliphatic rings. The molecule has 5 rings (SSSR count). The smallest absolute Gasteiger partial charge is 0.305 e. The van der Waals surface area contributed by atoms with Gasteiger partial charge in [0.15, 0.2) is 5.96 Å². The molecular formula is C50H70N14O14S3. The van der Waals surface area contributed by atoms with Crippen molar-refractivity contribution in [3.63, 3.8) is 0 Å². The summed E-state index contributed by atoms with van der Waals surface area (Å²) in [5.74, 6) is -12.5. The second kappa shape index (κ2) is 32.7. The van der Waals surface area contributed by atoms with Crippen LogP contribution in [-0.4, -0.2) is 184 Å². The number of nitrogens with zero attached hydrogens (tertiary/aromatic N) is 1. The number of fused-ring (bicyclic) bond motifs is 5. The second-order valence-corrected chi connectivity index (χ2v) is 23.2. The molecule has 0 spiro atoms. The Balaban J connectivity index is 1.40. The van der Waals surface area contributed by atoms with Gasteiger partial charge in [0.05, 0.1) is 18.7 Å². The Bertz CT molecular complexity index is 2520. The van der Waals surface area contributed by atoms with Crippen molar-refractivity contribution >= 4 is 116 Å². The zero-order valence-corrected chi connectivity index (χ0v) is 46.7. The third kappa shape index (κ3) is 21.9. The number of aliphatic carboxylic acids is 1. The van der Waals surface area contributed by atoms with Crippen LogP contribution in [0.2, 0.25) is 0 Å². The molecule has 2 bridgehead atoms. The number of benzene rings is 1. The van der Waals surface area contributed by atoms with E-state index in [1.165, 1.54) is 17.1 Å². The number of imide groups is 1. The van der Waals surface area contributed by atoms with Crippen LogP contribution in [0.15, 0.2) is 42.5 Å². The van der Waals surface area contributed by atoms with Gasteiger partial charge in [-0.25, -0.2) is 0 Å². The number of hydrogen-bond acceptors (Lipinski definition) is 17. The maximum atomic E-state index is 14.4. The SMILES string of the molecule is N=C(N)NCCC[C@@H]1NC(=O)[C@@H]2CSSC[C@H](NC(=O)[C@H](CC(=O)O)NC(=O)CNC1=O)C(=O)N[C@@H](Cc1ccccc1)C(=O)N[C@H](C(N)=O)CSCC(=O)N[C@@H](CCCCNC(=O)C1CCC(CN3C(=O)C=CC3=O)CC1)C(=O)N2. The van der Waals surface area contributed by atoms with E-state index in [-0.39, 0.29) is 110 Å². The van der Waals surface area contributed by atoms with Gasteiger partial charge in [-0.1, -0.05) is 51.9 Å². The highest BCUT2D eigenvalue weighted by atomic mass is 33.1. The first-order valence-electron chi connectivity index (χ1n) is 26.3. The van der Waals surface area contributed by atoms with E-state index in [1.807, 2.05) is 0 Å². The number of guanidine groups is 1. The number of thioether (sulfide) groups is 1. The number of carboxylic acid groups (broad SMARTS) is 1. The molecule has 16 N–H and O–H groups in total. The molecule has 28 nitrogen and oxygen atoms in total. The molecule has 3 aliphatic heterocycles. The van der Waals surface area contributed by atoms with E-state index in [1.54, 1.807) is 30.3 Å². The number of carbonyl (C=O) groups excluding carboxylic acids is 12. The van der Waals surface area contributed by atoms with Crippen LogP contribution in [0.3, 0.4) is 0 Å². The van der Waals surface area contributed by atoms with Gasteiger partial charge in [0, 0.05) is 61.4 Å². The standard InChI is InChI=1S/C50H70N14O14S3/c51-42(71)34-23-79-26-38(66)57-31(9-4-5-17-54-43(72)29-13-11-28(12-14-29)22-64-39(67)15-16-40(64)68)45(74)62-35-24-80-81-25-36(49(78)60-32(46(75)61-34)19-27-7-2-1-3-8-27)63-47(76)33(20-41(69)70)58-37(65)21-56-44(73)30(59-48(35)77)10-6-18-55-50(52)53/h1-3,7-8,15-16,28-36H,4-6,9-14,17-26H2,(H2,51,71)(H,54,72)(H,56,73)(H,57,66)(H,58,65)(H,59,77)(H,60,78)(H,61,75)(H,62,74)(H,63,76)(H,69,70)(H4,52,53,55)/t28?,29?,30-,31-,32-,33-,34-,35-,36-/m0/s1. The first kappa shape index (κ1) is 64.4. The van der Waals surface area contributed by atoms with E-state index >= 15 is 0 Å². The fraction of sp³-hybridized carbons (Fsp3) is 0.560. The lowest BCUT2D eigenvalue weighted by Gasteiger charge is -2.30. The van der Waals surface area contributed by atoms with Gasteiger partial charge in [0.1, 0.15) is 42.3 Å². The normalized spacial score (nSPS) is 26.1. The molecule has 442 valence electrons. The Morgan fingerprint density at radius 3 is 1.81 bits per heavy atom. The fourth-order valence-electron chi connectivity index (χ4n) is 9.01. The minimum absolute atomic E-state index is 0.0133. The van der Waals surface area contributed by atoms with Crippen LogP contribution in [-0.2, 0) is 68.7 Å². The van der Waals surface area contributed by atoms with Gasteiger partial charge >= 0.3 is 5.97 Å². The molecular weight excluding hydrogens is 1120 g/mol. The largest absolute Gasteiger partial charge is 0.481 e. The highest BCUT2D eigenvalue weighted by Gasteiger charge is 2.36. The van der Waals surface area contributed by atoms with E-state index in [0.717, 1.165) is 33.3 Å². The molecule has 1 aromatic rings. The van der Waals surface area contributed by atoms with E-state index in [4.69, 9.17) is 16.9 Å². The summed E-state index contributed by atoms with van der Waals surface area (Å²) in [6.45, 7) is -0.250. The van der Waals surface area contributed by atoms with Crippen LogP contribution >= 0.6 is 33.3 Å². The summed E-state index contributed by atoms with van der Waals surface area (Å²) in [4.78, 5) is 175. The topological polar surface area (TPSA) is 442 Å². The summed E-state index contributed by atoms with van der Waals surface area (Å²) in [5, 5.41) is 42.9. The molecule has 0 radical (unpaired) electrons. The summed E-state index contributed by atoms with van der Waals surface area (Å²) in [7, 11) is 1.85. The summed E-state index contributed by atoms with van der Waals surface area (Å²) in [6.07, 6.45) is 4.40. The molecule has 2 saturated heterocycles. The molecule has 12 amide bonds. The van der Waals surface area contributed by atoms with Crippen LogP contribution in [0.5, 0.6) is 0 Å². The number of rotatable bonds is 17. The van der Waals surface area contributed by atoms with Gasteiger partial charge in [-0.2, -0.15) is 0 Å². The first-order valence-corrected chi connectivity index (χ1v) is 30.0. The van der Waals surface area contributed by atoms with Crippen molar-refractivity contribution in [3.8, 4) is 0 Å². The van der Waals surface area contributed by atoms with E-state index < -0.39 is 114 Å². The number of primary amides is 1. The number of carbonyl (C=O) groups is 13. The number of unbranched alkanes of at least 4 members (excludes halogenated alkanes) is 1. The van der Waals surface area contributed by atoms with Crippen molar-refractivity contribution in [2.75, 3.05) is 49.2 Å². The van der Waals surface area contributed by atoms with Gasteiger partial charge in [0.2, 0.25) is 59.1 Å². The number of hydrogen-bond donors (Lipinski definition) is 14. The molecule has 0 unspecified atom stereocenters. The van der Waals surface area contributed by atoms with E-state index in [0.29, 0.717) is 37.7 Å². The van der Waals surface area contributed by atoms with Crippen molar-refractivity contribution < 1.29 is 67.4 Å². The maximum absolute atomic E-state index is 14.4. The predicted molar refractivity (Wildman–Crippen MR) is 298 cm³/mol. The van der Waals surface area contributed by atoms with Crippen molar-refractivity contribution in [1.82, 2.24) is 58.1 Å². The average molecular weight is 1190 g/mol. The maximum Gasteiger partial charge on any atom is 0.305 e. The Labute approximate surface area is 478 Å². The number of nitrogens with two attached hydrogens (primary N) is 2. The van der Waals surface area contributed by atoms with Crippen molar-refractivity contribution in [3.05, 3.63) is 48.0 Å². The molecule has 7 atom stereocenters. The molecule has 3 heterocycles. The van der Waals surface area contributed by atoms with E-state index in [9.17, 15) is 67.4 Å². The van der Waals surface area contributed by atoms with Gasteiger partial charge in [0.25, 0.3) is 11.8 Å². The van der Waals surface area contributed by atoms with Crippen molar-refractivity contribution in [2.24, 2.45) is 23.3 Å². The molecule has 1 aliphatic carbocycles. The third-order valence-corrected chi connectivity index (χ3v) is 16.9. The Kier molecular flexibility index (Phi) is 26.0. The highest BCUT2D eigenvalue weighted by Crippen LogP contribution is 2.30. The average Bonchev–Trinajstić information content (AvgIpc) is 3.82. The number of nitrogens with one attached hydrogen (secondary N) is 11. The van der Waals surface area contributed by atoms with Gasteiger partial charge in [-0.15, -0.1) is 11.8 Å². The van der Waals surface area contributed by atoms with Crippen molar-refractivity contribution in [1.29, 1.82) is 5.41 Å². The van der Waals surface area contributed by atoms with Gasteiger partial charge < -0.3 is 69.7 Å². The summed E-state index contributed by atoms with van der Waals surface area (Å²) < 4.78 is 0. The Hall–Kier alpha value is -7.41. The zero-order chi connectivity index (χ0) is 59.0. The van der Waals surface area contributed by atoms with Crippen LogP contribution in [0, 0.1) is 17.2 Å². The Morgan fingerprint density at radius 2 is 1.20 bits per heavy atom. The molecule has 0 aromatic heterocycles. The second-order valence-electron chi connectivity index (χ2n) is 19.6. The quantitative estimate of drug-likeness (QED) is 0.0233. The summed E-state index contributed by atoms with van der Waals surface area (Å²) in [5.41, 5.74) is 11.7. The lowest BCUT2D eigenvalue weighted by atomic mass is 9.81. The molecule has 1 aromatic carbocycles. The number of carboxylic acids is 1. The van der Waals surface area contributed by atoms with Gasteiger partial charge in [-0.05, 0) is 69.3 Å².